The third kappa shape index (κ3) is 2.77. The largest absolute Gasteiger partial charge is 0.358 e. The number of hydrogen-bond acceptors (Lipinski definition) is 5. The Bertz CT molecular complexity index is 309. The van der Waals surface area contributed by atoms with Gasteiger partial charge in [0.25, 0.3) is 0 Å². The maximum absolute atomic E-state index is 11.1. The van der Waals surface area contributed by atoms with Gasteiger partial charge in [-0.3, -0.25) is 10.1 Å². The molecular formula is C7H14N6O. The lowest BCUT2D eigenvalue weighted by atomic mass is 10.3. The fraction of sp³-hybridized carbons (Fsp3) is 0.714. The fourth-order valence-corrected chi connectivity index (χ4v) is 0.948. The number of carbonyl (C=O) groups is 1. The number of tetrazole rings is 1. The molecule has 0 saturated carbocycles. The molecule has 7 nitrogen and oxygen atoms in total. The molecule has 1 amide bonds. The molecule has 0 radical (unpaired) electrons. The maximum atomic E-state index is 11.1. The second-order valence-corrected chi connectivity index (χ2v) is 2.91. The van der Waals surface area contributed by atoms with Crippen LogP contribution in [0.1, 0.15) is 12.7 Å². The Hall–Kier alpha value is -1.50. The average molecular weight is 198 g/mol. The van der Waals surface area contributed by atoms with Gasteiger partial charge in [0.1, 0.15) is 0 Å². The van der Waals surface area contributed by atoms with Crippen LogP contribution in [0.4, 0.5) is 0 Å². The predicted molar refractivity (Wildman–Crippen MR) is 49.2 cm³/mol. The number of carbonyl (C=O) groups excluding carboxylic acids is 1. The van der Waals surface area contributed by atoms with Gasteiger partial charge in [0, 0.05) is 7.05 Å². The first kappa shape index (κ1) is 10.6. The maximum Gasteiger partial charge on any atom is 0.236 e. The molecule has 0 spiro atoms. The number of hydrogen-bond donors (Lipinski definition) is 2. The topological polar surface area (TPSA) is 84.7 Å². The molecule has 0 bridgehead atoms. The van der Waals surface area contributed by atoms with Gasteiger partial charge in [0.2, 0.25) is 5.91 Å². The summed E-state index contributed by atoms with van der Waals surface area (Å²) in [6, 6.07) is -0.260. The molecule has 1 rings (SSSR count). The molecule has 7 heteroatoms. The third-order valence-electron chi connectivity index (χ3n) is 1.76. The molecule has 0 aliphatic rings. The van der Waals surface area contributed by atoms with Crippen LogP contribution in [0, 0.1) is 0 Å². The van der Waals surface area contributed by atoms with Gasteiger partial charge in [-0.05, 0) is 12.1 Å². The van der Waals surface area contributed by atoms with Crippen molar-refractivity contribution >= 4 is 5.91 Å². The lowest BCUT2D eigenvalue weighted by molar-refractivity contribution is -0.122. The lowest BCUT2D eigenvalue weighted by Crippen LogP contribution is -2.40. The normalized spacial score (nSPS) is 12.5. The molecule has 0 fully saturated rings. The number of nitrogens with zero attached hydrogens (tertiary/aromatic N) is 4. The van der Waals surface area contributed by atoms with Gasteiger partial charge < -0.3 is 5.32 Å². The van der Waals surface area contributed by atoms with E-state index in [0.717, 1.165) is 0 Å². The Kier molecular flexibility index (Phi) is 3.52. The molecule has 0 aliphatic heterocycles. The molecule has 78 valence electrons. The summed E-state index contributed by atoms with van der Waals surface area (Å²) in [7, 11) is 3.29. The zero-order valence-corrected chi connectivity index (χ0v) is 8.48. The van der Waals surface area contributed by atoms with E-state index in [0.29, 0.717) is 12.4 Å². The Labute approximate surface area is 81.9 Å². The first-order valence-corrected chi connectivity index (χ1v) is 4.31. The quantitative estimate of drug-likeness (QED) is 0.611. The summed E-state index contributed by atoms with van der Waals surface area (Å²) in [5.41, 5.74) is 0. The van der Waals surface area contributed by atoms with Gasteiger partial charge in [-0.25, -0.2) is 0 Å². The number of likely N-dealkylation sites (N-methyl/N-ethyl adjacent to an activating group) is 1. The van der Waals surface area contributed by atoms with E-state index in [4.69, 9.17) is 0 Å². The van der Waals surface area contributed by atoms with Crippen molar-refractivity contribution in [2.45, 2.75) is 19.5 Å². The van der Waals surface area contributed by atoms with Crippen LogP contribution in [0.25, 0.3) is 0 Å². The van der Waals surface area contributed by atoms with Crippen molar-refractivity contribution < 1.29 is 4.79 Å². The third-order valence-corrected chi connectivity index (χ3v) is 1.76. The monoisotopic (exact) mass is 198 g/mol. The SMILES string of the molecule is CNC(=O)C(C)NCc1nnn(C)n1. The van der Waals surface area contributed by atoms with Crippen LogP contribution >= 0.6 is 0 Å². The van der Waals surface area contributed by atoms with E-state index in [9.17, 15) is 4.79 Å². The van der Waals surface area contributed by atoms with E-state index in [-0.39, 0.29) is 11.9 Å². The summed E-state index contributed by atoms with van der Waals surface area (Å²) >= 11 is 0. The van der Waals surface area contributed by atoms with Gasteiger partial charge in [-0.1, -0.05) is 0 Å². The first-order valence-electron chi connectivity index (χ1n) is 4.31. The number of aryl methyl sites for hydroxylation is 1. The van der Waals surface area contributed by atoms with Crippen LogP contribution in [0.3, 0.4) is 0 Å². The van der Waals surface area contributed by atoms with Crippen LogP contribution in [0.5, 0.6) is 0 Å². The Morgan fingerprint density at radius 2 is 2.36 bits per heavy atom. The van der Waals surface area contributed by atoms with Crippen molar-refractivity contribution in [1.82, 2.24) is 30.8 Å². The molecule has 1 aromatic rings. The summed E-state index contributed by atoms with van der Waals surface area (Å²) in [6.45, 7) is 2.21. The highest BCUT2D eigenvalue weighted by molar-refractivity contribution is 5.80. The summed E-state index contributed by atoms with van der Waals surface area (Å²) in [5.74, 6) is 0.511. The minimum atomic E-state index is -0.260. The van der Waals surface area contributed by atoms with E-state index in [2.05, 4.69) is 26.0 Å². The first-order chi connectivity index (χ1) is 6.63. The van der Waals surface area contributed by atoms with Crippen LogP contribution in [0.15, 0.2) is 0 Å². The average Bonchev–Trinajstić information content (AvgIpc) is 2.59. The van der Waals surface area contributed by atoms with E-state index in [1.54, 1.807) is 21.0 Å². The zero-order valence-electron chi connectivity index (χ0n) is 8.48. The van der Waals surface area contributed by atoms with E-state index >= 15 is 0 Å². The molecule has 0 saturated heterocycles. The fourth-order valence-electron chi connectivity index (χ4n) is 0.948. The van der Waals surface area contributed by atoms with E-state index < -0.39 is 0 Å². The lowest BCUT2D eigenvalue weighted by Gasteiger charge is -2.09. The van der Waals surface area contributed by atoms with Gasteiger partial charge in [0.05, 0.1) is 19.6 Å². The number of nitrogens with one attached hydrogen (secondary N) is 2. The molecule has 2 N–H and O–H groups in total. The molecule has 14 heavy (non-hydrogen) atoms. The van der Waals surface area contributed by atoms with Crippen molar-refractivity contribution in [2.75, 3.05) is 7.05 Å². The second-order valence-electron chi connectivity index (χ2n) is 2.91. The van der Waals surface area contributed by atoms with Crippen LogP contribution in [0.2, 0.25) is 0 Å². The Morgan fingerprint density at radius 3 is 2.86 bits per heavy atom. The van der Waals surface area contributed by atoms with E-state index in [1.165, 1.54) is 4.80 Å². The molecular weight excluding hydrogens is 184 g/mol. The summed E-state index contributed by atoms with van der Waals surface area (Å²) in [4.78, 5) is 12.5. The molecule has 1 heterocycles. The predicted octanol–water partition coefficient (Wildman–Crippen LogP) is -1.57. The van der Waals surface area contributed by atoms with E-state index in [1.807, 2.05) is 0 Å². The summed E-state index contributed by atoms with van der Waals surface area (Å²) < 4.78 is 0. The van der Waals surface area contributed by atoms with Crippen LogP contribution < -0.4 is 10.6 Å². The van der Waals surface area contributed by atoms with Crippen LogP contribution in [-0.2, 0) is 18.4 Å². The van der Waals surface area contributed by atoms with Gasteiger partial charge in [-0.2, -0.15) is 4.80 Å². The van der Waals surface area contributed by atoms with Gasteiger partial charge >= 0.3 is 0 Å². The number of rotatable bonds is 4. The molecule has 0 aromatic carbocycles. The number of aromatic nitrogens is 4. The minimum Gasteiger partial charge on any atom is -0.358 e. The zero-order chi connectivity index (χ0) is 10.6. The smallest absolute Gasteiger partial charge is 0.236 e. The molecule has 1 unspecified atom stereocenters. The van der Waals surface area contributed by atoms with Crippen molar-refractivity contribution in [3.8, 4) is 0 Å². The molecule has 1 atom stereocenters. The summed E-state index contributed by atoms with van der Waals surface area (Å²) in [6.07, 6.45) is 0. The highest BCUT2D eigenvalue weighted by atomic mass is 16.2. The van der Waals surface area contributed by atoms with Gasteiger partial charge in [-0.15, -0.1) is 10.2 Å². The minimum absolute atomic E-state index is 0.0612. The molecule has 1 aromatic heterocycles. The van der Waals surface area contributed by atoms with Crippen molar-refractivity contribution in [3.63, 3.8) is 0 Å². The Balaban J connectivity index is 2.37. The van der Waals surface area contributed by atoms with Crippen molar-refractivity contribution in [2.24, 2.45) is 7.05 Å². The van der Waals surface area contributed by atoms with Gasteiger partial charge in [0.15, 0.2) is 5.82 Å². The van der Waals surface area contributed by atoms with Crippen LogP contribution in [-0.4, -0.2) is 39.2 Å². The standard InChI is InChI=1S/C7H14N6O/c1-5(7(14)8-2)9-4-6-10-12-13(3)11-6/h5,9H,4H2,1-3H3,(H,8,14). The second kappa shape index (κ2) is 4.66. The highest BCUT2D eigenvalue weighted by Gasteiger charge is 2.10. The summed E-state index contributed by atoms with van der Waals surface area (Å²) in [5, 5.41) is 16.9. The van der Waals surface area contributed by atoms with Crippen molar-refractivity contribution in [1.29, 1.82) is 0 Å². The number of amides is 1. The Morgan fingerprint density at radius 1 is 1.64 bits per heavy atom. The molecule has 0 aliphatic carbocycles. The van der Waals surface area contributed by atoms with Crippen molar-refractivity contribution in [3.05, 3.63) is 5.82 Å². The highest BCUT2D eigenvalue weighted by Crippen LogP contribution is 1.87.